The van der Waals surface area contributed by atoms with Gasteiger partial charge in [0.15, 0.2) is 9.84 Å². The van der Waals surface area contributed by atoms with Crippen molar-refractivity contribution >= 4 is 15.8 Å². The van der Waals surface area contributed by atoms with E-state index in [1.165, 1.54) is 7.11 Å². The lowest BCUT2D eigenvalue weighted by molar-refractivity contribution is -0.147. The monoisotopic (exact) mass is 291 g/mol. The van der Waals surface area contributed by atoms with Crippen molar-refractivity contribution < 1.29 is 17.9 Å². The predicted molar refractivity (Wildman–Crippen MR) is 74.7 cm³/mol. The lowest BCUT2D eigenvalue weighted by Crippen LogP contribution is -2.43. The summed E-state index contributed by atoms with van der Waals surface area (Å²) in [6, 6.07) is 0. The second-order valence-corrected chi connectivity index (χ2v) is 8.96. The van der Waals surface area contributed by atoms with Gasteiger partial charge in [-0.2, -0.15) is 0 Å². The van der Waals surface area contributed by atoms with Gasteiger partial charge in [0.2, 0.25) is 0 Å². The van der Waals surface area contributed by atoms with Crippen LogP contribution >= 0.6 is 0 Å². The molecule has 1 saturated heterocycles. The topological polar surface area (TPSA) is 63.7 Å². The summed E-state index contributed by atoms with van der Waals surface area (Å²) in [7, 11) is -1.70. The SMILES string of the molecule is COC(=O)[C@H]1CCCN(CCS(=O)(=O)C(C)(C)C)C1. The molecule has 0 radical (unpaired) electrons. The van der Waals surface area contributed by atoms with Crippen molar-refractivity contribution in [3.05, 3.63) is 0 Å². The first-order valence-corrected chi connectivity index (χ1v) is 8.35. The summed E-state index contributed by atoms with van der Waals surface area (Å²) >= 11 is 0. The second kappa shape index (κ2) is 6.22. The molecule has 0 aliphatic carbocycles. The van der Waals surface area contributed by atoms with E-state index in [1.807, 2.05) is 4.90 Å². The summed E-state index contributed by atoms with van der Waals surface area (Å²) in [6.45, 7) is 7.11. The molecule has 0 spiro atoms. The van der Waals surface area contributed by atoms with E-state index < -0.39 is 14.6 Å². The summed E-state index contributed by atoms with van der Waals surface area (Å²) in [5.41, 5.74) is 0. The number of carbonyl (C=O) groups excluding carboxylic acids is 1. The van der Waals surface area contributed by atoms with Gasteiger partial charge in [-0.05, 0) is 40.2 Å². The molecule has 0 unspecified atom stereocenters. The zero-order valence-electron chi connectivity index (χ0n) is 12.3. The van der Waals surface area contributed by atoms with Crippen LogP contribution in [-0.4, -0.2) is 56.5 Å². The van der Waals surface area contributed by atoms with Crippen LogP contribution in [0, 0.1) is 5.92 Å². The average molecular weight is 291 g/mol. The van der Waals surface area contributed by atoms with Crippen LogP contribution < -0.4 is 0 Å². The van der Waals surface area contributed by atoms with Gasteiger partial charge in [0.1, 0.15) is 0 Å². The zero-order valence-corrected chi connectivity index (χ0v) is 13.1. The molecule has 0 bridgehead atoms. The Bertz CT molecular complexity index is 411. The number of hydrogen-bond donors (Lipinski definition) is 0. The number of esters is 1. The number of methoxy groups -OCH3 is 1. The van der Waals surface area contributed by atoms with Crippen LogP contribution in [0.5, 0.6) is 0 Å². The molecule has 1 fully saturated rings. The van der Waals surface area contributed by atoms with E-state index in [2.05, 4.69) is 0 Å². The molecule has 1 aliphatic rings. The molecule has 1 rings (SSSR count). The summed E-state index contributed by atoms with van der Waals surface area (Å²) in [5, 5.41) is 0. The number of piperidine rings is 1. The molecule has 0 aromatic carbocycles. The third-order valence-electron chi connectivity index (χ3n) is 3.65. The van der Waals surface area contributed by atoms with Crippen LogP contribution in [0.15, 0.2) is 0 Å². The molecule has 0 aromatic rings. The fraction of sp³-hybridized carbons (Fsp3) is 0.923. The van der Waals surface area contributed by atoms with Crippen molar-refractivity contribution in [3.63, 3.8) is 0 Å². The zero-order chi connectivity index (χ0) is 14.7. The number of ether oxygens (including phenoxy) is 1. The van der Waals surface area contributed by atoms with E-state index in [4.69, 9.17) is 4.74 Å². The van der Waals surface area contributed by atoms with Crippen molar-refractivity contribution in [3.8, 4) is 0 Å². The molecule has 0 aromatic heterocycles. The van der Waals surface area contributed by atoms with Crippen molar-refractivity contribution in [1.29, 1.82) is 0 Å². The van der Waals surface area contributed by atoms with Gasteiger partial charge in [0.25, 0.3) is 0 Å². The number of carbonyl (C=O) groups is 1. The van der Waals surface area contributed by atoms with Gasteiger partial charge < -0.3 is 9.64 Å². The number of likely N-dealkylation sites (tertiary alicyclic amines) is 1. The average Bonchev–Trinajstić information content (AvgIpc) is 2.34. The highest BCUT2D eigenvalue weighted by Crippen LogP contribution is 2.20. The normalized spacial score (nSPS) is 22.2. The second-order valence-electron chi connectivity index (χ2n) is 6.09. The Morgan fingerprint density at radius 1 is 1.37 bits per heavy atom. The third-order valence-corrected chi connectivity index (χ3v) is 6.24. The highest BCUT2D eigenvalue weighted by molar-refractivity contribution is 7.92. The van der Waals surface area contributed by atoms with Gasteiger partial charge in [-0.3, -0.25) is 4.79 Å². The van der Waals surface area contributed by atoms with E-state index in [0.717, 1.165) is 19.4 Å². The van der Waals surface area contributed by atoms with Gasteiger partial charge in [0, 0.05) is 13.1 Å². The third kappa shape index (κ3) is 4.45. The fourth-order valence-electron chi connectivity index (χ4n) is 2.17. The summed E-state index contributed by atoms with van der Waals surface area (Å²) in [6.07, 6.45) is 1.74. The fourth-order valence-corrected chi connectivity index (χ4v) is 3.28. The van der Waals surface area contributed by atoms with Crippen LogP contribution in [0.25, 0.3) is 0 Å². The van der Waals surface area contributed by atoms with Crippen LogP contribution in [0.3, 0.4) is 0 Å². The molecular weight excluding hydrogens is 266 g/mol. The van der Waals surface area contributed by atoms with E-state index in [0.29, 0.717) is 13.1 Å². The largest absolute Gasteiger partial charge is 0.469 e. The van der Waals surface area contributed by atoms with Gasteiger partial charge in [-0.15, -0.1) is 0 Å². The lowest BCUT2D eigenvalue weighted by atomic mass is 9.98. The Morgan fingerprint density at radius 3 is 2.53 bits per heavy atom. The highest BCUT2D eigenvalue weighted by Gasteiger charge is 2.31. The molecule has 0 amide bonds. The number of rotatable bonds is 4. The molecule has 112 valence electrons. The summed E-state index contributed by atoms with van der Waals surface area (Å²) < 4.78 is 28.1. The van der Waals surface area contributed by atoms with Crippen LogP contribution in [0.2, 0.25) is 0 Å². The molecule has 5 nitrogen and oxygen atoms in total. The van der Waals surface area contributed by atoms with Gasteiger partial charge in [0.05, 0.1) is 23.5 Å². The van der Waals surface area contributed by atoms with Crippen molar-refractivity contribution in [2.75, 3.05) is 32.5 Å². The van der Waals surface area contributed by atoms with Crippen LogP contribution in [0.1, 0.15) is 33.6 Å². The molecule has 0 saturated carbocycles. The Morgan fingerprint density at radius 2 is 2.00 bits per heavy atom. The maximum Gasteiger partial charge on any atom is 0.309 e. The predicted octanol–water partition coefficient (Wildman–Crippen LogP) is 1.08. The highest BCUT2D eigenvalue weighted by atomic mass is 32.2. The van der Waals surface area contributed by atoms with Crippen LogP contribution in [-0.2, 0) is 19.4 Å². The van der Waals surface area contributed by atoms with E-state index in [9.17, 15) is 13.2 Å². The Balaban J connectivity index is 2.53. The molecule has 1 atom stereocenters. The lowest BCUT2D eigenvalue weighted by Gasteiger charge is -2.31. The quantitative estimate of drug-likeness (QED) is 0.725. The minimum Gasteiger partial charge on any atom is -0.469 e. The Kier molecular flexibility index (Phi) is 5.38. The number of hydrogen-bond acceptors (Lipinski definition) is 5. The van der Waals surface area contributed by atoms with Crippen molar-refractivity contribution in [1.82, 2.24) is 4.90 Å². The molecule has 19 heavy (non-hydrogen) atoms. The number of sulfone groups is 1. The van der Waals surface area contributed by atoms with E-state index in [1.54, 1.807) is 20.8 Å². The number of nitrogens with zero attached hydrogens (tertiary/aromatic N) is 1. The van der Waals surface area contributed by atoms with Gasteiger partial charge in [-0.1, -0.05) is 0 Å². The van der Waals surface area contributed by atoms with Crippen molar-refractivity contribution in [2.24, 2.45) is 5.92 Å². The van der Waals surface area contributed by atoms with Gasteiger partial charge in [-0.25, -0.2) is 8.42 Å². The minimum atomic E-state index is -3.10. The smallest absolute Gasteiger partial charge is 0.309 e. The summed E-state index contributed by atoms with van der Waals surface area (Å²) in [4.78, 5) is 13.6. The first-order valence-electron chi connectivity index (χ1n) is 6.70. The molecule has 1 heterocycles. The Labute approximate surface area is 116 Å². The van der Waals surface area contributed by atoms with E-state index >= 15 is 0 Å². The maximum atomic E-state index is 12.0. The first-order chi connectivity index (χ1) is 8.67. The Hall–Kier alpha value is -0.620. The standard InChI is InChI=1S/C13H25NO4S/c1-13(2,3)19(16,17)9-8-14-7-5-6-11(10-14)12(15)18-4/h11H,5-10H2,1-4H3/t11-/m0/s1. The van der Waals surface area contributed by atoms with E-state index in [-0.39, 0.29) is 17.6 Å². The van der Waals surface area contributed by atoms with Gasteiger partial charge >= 0.3 is 5.97 Å². The molecule has 1 aliphatic heterocycles. The maximum absolute atomic E-state index is 12.0. The molecule has 0 N–H and O–H groups in total. The molecule has 6 heteroatoms. The van der Waals surface area contributed by atoms with Crippen molar-refractivity contribution in [2.45, 2.75) is 38.4 Å². The van der Waals surface area contributed by atoms with Crippen LogP contribution in [0.4, 0.5) is 0 Å². The minimum absolute atomic E-state index is 0.115. The molecular formula is C13H25NO4S. The first kappa shape index (κ1) is 16.4. The summed E-state index contributed by atoms with van der Waals surface area (Å²) in [5.74, 6) is -0.163.